The minimum absolute atomic E-state index is 0.00141. The highest BCUT2D eigenvalue weighted by molar-refractivity contribution is 5.98. The normalized spacial score (nSPS) is 13.8. The summed E-state index contributed by atoms with van der Waals surface area (Å²) >= 11 is 0. The van der Waals surface area contributed by atoms with Gasteiger partial charge in [-0.05, 0) is 55.3 Å². The highest BCUT2D eigenvalue weighted by Crippen LogP contribution is 2.32. The van der Waals surface area contributed by atoms with Gasteiger partial charge in [0.1, 0.15) is 18.0 Å². The molecule has 0 bridgehead atoms. The number of aryl methyl sites for hydroxylation is 1. The quantitative estimate of drug-likeness (QED) is 0.275. The molecule has 222 valence electrons. The summed E-state index contributed by atoms with van der Waals surface area (Å²) in [6.07, 6.45) is 0. The number of hydrogen-bond donors (Lipinski definition) is 0. The van der Waals surface area contributed by atoms with Gasteiger partial charge in [-0.15, -0.1) is 10.2 Å². The number of anilines is 1. The van der Waals surface area contributed by atoms with Crippen molar-refractivity contribution in [3.8, 4) is 22.8 Å². The number of ether oxygens (including phenoxy) is 2. The van der Waals surface area contributed by atoms with E-state index in [2.05, 4.69) is 15.1 Å². The molecule has 0 N–H and O–H groups in total. The van der Waals surface area contributed by atoms with E-state index in [9.17, 15) is 9.59 Å². The van der Waals surface area contributed by atoms with E-state index >= 15 is 0 Å². The van der Waals surface area contributed by atoms with Crippen molar-refractivity contribution in [2.75, 3.05) is 51.8 Å². The lowest BCUT2D eigenvalue weighted by Crippen LogP contribution is -2.52. The minimum atomic E-state index is -0.267. The number of piperazine rings is 1. The van der Waals surface area contributed by atoms with Crippen LogP contribution in [0.25, 0.3) is 11.3 Å². The van der Waals surface area contributed by atoms with Crippen molar-refractivity contribution < 1.29 is 19.1 Å². The first kappa shape index (κ1) is 29.6. The van der Waals surface area contributed by atoms with Crippen molar-refractivity contribution in [1.82, 2.24) is 20.0 Å². The van der Waals surface area contributed by atoms with Crippen molar-refractivity contribution in [3.05, 3.63) is 102 Å². The molecule has 1 aromatic heterocycles. The number of carbonyl (C=O) groups excluding carboxylic acids is 2. The van der Waals surface area contributed by atoms with Crippen LogP contribution in [0.4, 0.5) is 5.82 Å². The summed E-state index contributed by atoms with van der Waals surface area (Å²) in [4.78, 5) is 33.0. The van der Waals surface area contributed by atoms with Gasteiger partial charge in [0.25, 0.3) is 5.91 Å². The van der Waals surface area contributed by atoms with E-state index in [0.717, 1.165) is 22.5 Å². The molecule has 2 amide bonds. The zero-order valence-corrected chi connectivity index (χ0v) is 25.1. The van der Waals surface area contributed by atoms with Crippen LogP contribution in [-0.2, 0) is 4.79 Å². The Morgan fingerprint density at radius 3 is 2.23 bits per heavy atom. The molecule has 0 spiro atoms. The second-order valence-electron chi connectivity index (χ2n) is 10.5. The third-order valence-corrected chi connectivity index (χ3v) is 7.98. The fourth-order valence-corrected chi connectivity index (χ4v) is 5.34. The van der Waals surface area contributed by atoms with E-state index in [4.69, 9.17) is 9.47 Å². The maximum Gasteiger partial charge on any atom is 0.255 e. The van der Waals surface area contributed by atoms with Crippen molar-refractivity contribution in [1.29, 1.82) is 0 Å². The Labute approximate surface area is 252 Å². The molecule has 5 rings (SSSR count). The lowest BCUT2D eigenvalue weighted by atomic mass is 10.0. The summed E-state index contributed by atoms with van der Waals surface area (Å²) in [5.41, 5.74) is 4.00. The Morgan fingerprint density at radius 1 is 0.860 bits per heavy atom. The van der Waals surface area contributed by atoms with Gasteiger partial charge in [0.2, 0.25) is 5.91 Å². The zero-order valence-electron chi connectivity index (χ0n) is 25.1. The van der Waals surface area contributed by atoms with E-state index in [1.165, 1.54) is 0 Å². The summed E-state index contributed by atoms with van der Waals surface area (Å²) in [6.45, 7) is 6.18. The smallest absolute Gasteiger partial charge is 0.255 e. The molecule has 4 aromatic rings. The SMILES string of the molecule is COc1ccc(-c2ccc(N3CCN(C(=O)CN(C(=O)c4ccccc4C)[C@H](C)c4ccccc4)CC3)nn2)c(OC)c1. The van der Waals surface area contributed by atoms with E-state index in [1.54, 1.807) is 19.1 Å². The van der Waals surface area contributed by atoms with E-state index in [-0.39, 0.29) is 24.4 Å². The van der Waals surface area contributed by atoms with Crippen LogP contribution in [0.5, 0.6) is 11.5 Å². The van der Waals surface area contributed by atoms with Gasteiger partial charge in [0.05, 0.1) is 26.0 Å². The van der Waals surface area contributed by atoms with Gasteiger partial charge in [0, 0.05) is 43.4 Å². The molecule has 1 aliphatic rings. The Morgan fingerprint density at radius 2 is 1.58 bits per heavy atom. The highest BCUT2D eigenvalue weighted by Gasteiger charge is 2.29. The molecular weight excluding hydrogens is 542 g/mol. The summed E-state index contributed by atoms with van der Waals surface area (Å²) < 4.78 is 10.8. The number of aromatic nitrogens is 2. The molecule has 0 aliphatic carbocycles. The van der Waals surface area contributed by atoms with Crippen LogP contribution < -0.4 is 14.4 Å². The van der Waals surface area contributed by atoms with Crippen LogP contribution in [0.1, 0.15) is 34.5 Å². The fraction of sp³-hybridized carbons (Fsp3) is 0.294. The molecule has 1 aliphatic heterocycles. The van der Waals surface area contributed by atoms with Crippen LogP contribution in [0, 0.1) is 6.92 Å². The molecule has 2 heterocycles. The van der Waals surface area contributed by atoms with Gasteiger partial charge < -0.3 is 24.2 Å². The molecule has 0 saturated carbocycles. The largest absolute Gasteiger partial charge is 0.497 e. The third-order valence-electron chi connectivity index (χ3n) is 7.98. The standard InChI is InChI=1S/C34H37N5O4/c1-24-10-8-9-13-28(24)34(41)39(25(2)26-11-6-5-7-12-26)23-33(40)38-20-18-37(19-21-38)32-17-16-30(35-36-32)29-15-14-27(42-3)22-31(29)43-4/h5-17,22,25H,18-21,23H2,1-4H3/t25-/m1/s1. The number of hydrogen-bond acceptors (Lipinski definition) is 7. The Hall–Kier alpha value is -4.92. The average Bonchev–Trinajstić information content (AvgIpc) is 3.07. The number of amides is 2. The first-order valence-corrected chi connectivity index (χ1v) is 14.4. The summed E-state index contributed by atoms with van der Waals surface area (Å²) in [6, 6.07) is 26.5. The minimum Gasteiger partial charge on any atom is -0.497 e. The second-order valence-corrected chi connectivity index (χ2v) is 10.5. The van der Waals surface area contributed by atoms with E-state index < -0.39 is 0 Å². The predicted molar refractivity (Wildman–Crippen MR) is 166 cm³/mol. The molecule has 1 saturated heterocycles. The molecule has 9 nitrogen and oxygen atoms in total. The van der Waals surface area contributed by atoms with Crippen molar-refractivity contribution >= 4 is 17.6 Å². The van der Waals surface area contributed by atoms with Gasteiger partial charge in [-0.3, -0.25) is 9.59 Å². The van der Waals surface area contributed by atoms with Crippen LogP contribution in [0.2, 0.25) is 0 Å². The second kappa shape index (κ2) is 13.4. The van der Waals surface area contributed by atoms with Gasteiger partial charge in [-0.1, -0.05) is 48.5 Å². The molecule has 3 aromatic carbocycles. The number of carbonyl (C=O) groups is 2. The lowest BCUT2D eigenvalue weighted by molar-refractivity contribution is -0.132. The van der Waals surface area contributed by atoms with E-state index in [1.807, 2.05) is 104 Å². The molecular formula is C34H37N5O4. The van der Waals surface area contributed by atoms with Gasteiger partial charge in [-0.2, -0.15) is 0 Å². The Kier molecular flexibility index (Phi) is 9.20. The van der Waals surface area contributed by atoms with Gasteiger partial charge >= 0.3 is 0 Å². The highest BCUT2D eigenvalue weighted by atomic mass is 16.5. The molecule has 1 atom stereocenters. The molecule has 9 heteroatoms. The Bertz CT molecular complexity index is 1550. The number of nitrogens with zero attached hydrogens (tertiary/aromatic N) is 5. The summed E-state index contributed by atoms with van der Waals surface area (Å²) in [7, 11) is 3.23. The summed E-state index contributed by atoms with van der Waals surface area (Å²) in [5.74, 6) is 1.89. The first-order chi connectivity index (χ1) is 20.9. The molecule has 1 fully saturated rings. The van der Waals surface area contributed by atoms with Gasteiger partial charge in [0.15, 0.2) is 5.82 Å². The van der Waals surface area contributed by atoms with Crippen LogP contribution in [-0.4, -0.2) is 78.8 Å². The number of rotatable bonds is 9. The zero-order chi connectivity index (χ0) is 30.3. The maximum atomic E-state index is 13.8. The lowest BCUT2D eigenvalue weighted by Gasteiger charge is -2.37. The molecule has 43 heavy (non-hydrogen) atoms. The topological polar surface area (TPSA) is 88.1 Å². The first-order valence-electron chi connectivity index (χ1n) is 14.4. The van der Waals surface area contributed by atoms with Crippen LogP contribution in [0.15, 0.2) is 84.9 Å². The van der Waals surface area contributed by atoms with Crippen molar-refractivity contribution in [2.45, 2.75) is 19.9 Å². The predicted octanol–water partition coefficient (Wildman–Crippen LogP) is 5.02. The van der Waals surface area contributed by atoms with Crippen LogP contribution >= 0.6 is 0 Å². The van der Waals surface area contributed by atoms with E-state index in [0.29, 0.717) is 48.9 Å². The van der Waals surface area contributed by atoms with Gasteiger partial charge in [-0.25, -0.2) is 0 Å². The van der Waals surface area contributed by atoms with Crippen molar-refractivity contribution in [3.63, 3.8) is 0 Å². The number of benzene rings is 3. The number of methoxy groups -OCH3 is 2. The third kappa shape index (κ3) is 6.61. The summed E-state index contributed by atoms with van der Waals surface area (Å²) in [5, 5.41) is 8.92. The molecule has 0 unspecified atom stereocenters. The van der Waals surface area contributed by atoms with Crippen LogP contribution in [0.3, 0.4) is 0 Å². The maximum absolute atomic E-state index is 13.8. The average molecular weight is 580 g/mol. The monoisotopic (exact) mass is 579 g/mol. The fourth-order valence-electron chi connectivity index (χ4n) is 5.34. The van der Waals surface area contributed by atoms with Crippen molar-refractivity contribution in [2.24, 2.45) is 0 Å². The Balaban J connectivity index is 1.25. The molecule has 0 radical (unpaired) electrons.